The van der Waals surface area contributed by atoms with E-state index in [-0.39, 0.29) is 11.3 Å². The van der Waals surface area contributed by atoms with E-state index in [1.807, 2.05) is 18.2 Å². The maximum Gasteiger partial charge on any atom is 0.136 e. The van der Waals surface area contributed by atoms with Crippen molar-refractivity contribution in [3.8, 4) is 0 Å². The van der Waals surface area contributed by atoms with Crippen LogP contribution < -0.4 is 0 Å². The van der Waals surface area contributed by atoms with Crippen molar-refractivity contribution in [3.63, 3.8) is 0 Å². The van der Waals surface area contributed by atoms with Gasteiger partial charge in [0, 0.05) is 12.3 Å². The van der Waals surface area contributed by atoms with Crippen LogP contribution in [0.4, 0.5) is 0 Å². The van der Waals surface area contributed by atoms with Gasteiger partial charge in [0.05, 0.1) is 10.0 Å². The molecular weight excluding hydrogens is 291 g/mol. The number of carbonyl (C=O) groups is 1. The van der Waals surface area contributed by atoms with Gasteiger partial charge in [-0.25, -0.2) is 0 Å². The molecule has 1 aliphatic carbocycles. The highest BCUT2D eigenvalue weighted by molar-refractivity contribution is 6.42. The second-order valence-corrected chi connectivity index (χ2v) is 7.63. The van der Waals surface area contributed by atoms with Crippen LogP contribution in [0.5, 0.6) is 0 Å². The molecule has 2 rings (SSSR count). The fourth-order valence-corrected chi connectivity index (χ4v) is 3.65. The molecular formula is C17H22Cl2O. The predicted octanol–water partition coefficient (Wildman–Crippen LogP) is 5.57. The van der Waals surface area contributed by atoms with Crippen molar-refractivity contribution in [1.82, 2.24) is 0 Å². The molecule has 0 aliphatic heterocycles. The van der Waals surface area contributed by atoms with Gasteiger partial charge in [0.15, 0.2) is 0 Å². The number of hydrogen-bond acceptors (Lipinski definition) is 1. The molecule has 0 radical (unpaired) electrons. The van der Waals surface area contributed by atoms with Crippen molar-refractivity contribution in [2.45, 2.75) is 46.5 Å². The molecule has 0 amide bonds. The number of hydrogen-bond donors (Lipinski definition) is 0. The Hall–Kier alpha value is -0.530. The zero-order valence-corrected chi connectivity index (χ0v) is 13.9. The quantitative estimate of drug-likeness (QED) is 0.713. The Kier molecular flexibility index (Phi) is 4.81. The summed E-state index contributed by atoms with van der Waals surface area (Å²) in [5, 5.41) is 1.17. The summed E-state index contributed by atoms with van der Waals surface area (Å²) >= 11 is 12.0. The molecule has 0 aromatic heterocycles. The van der Waals surface area contributed by atoms with Gasteiger partial charge in [-0.2, -0.15) is 0 Å². The zero-order chi connectivity index (χ0) is 14.9. The normalized spacial score (nSPS) is 23.9. The summed E-state index contributed by atoms with van der Waals surface area (Å²) in [5.74, 6) is 1.13. The minimum atomic E-state index is -0.0334. The smallest absolute Gasteiger partial charge is 0.136 e. The molecule has 1 aromatic carbocycles. The lowest BCUT2D eigenvalue weighted by Crippen LogP contribution is -2.36. The van der Waals surface area contributed by atoms with E-state index in [2.05, 4.69) is 20.8 Å². The second-order valence-electron chi connectivity index (χ2n) is 6.82. The molecule has 0 saturated heterocycles. The number of rotatable bonds is 3. The van der Waals surface area contributed by atoms with E-state index in [9.17, 15) is 4.79 Å². The first-order valence-electron chi connectivity index (χ1n) is 7.26. The third-order valence-electron chi connectivity index (χ3n) is 4.47. The number of halogens is 2. The Morgan fingerprint density at radius 3 is 2.50 bits per heavy atom. The molecule has 2 atom stereocenters. The Morgan fingerprint density at radius 1 is 1.20 bits per heavy atom. The average Bonchev–Trinajstić information content (AvgIpc) is 2.33. The van der Waals surface area contributed by atoms with E-state index in [1.54, 1.807) is 0 Å². The van der Waals surface area contributed by atoms with Crippen LogP contribution in [0.15, 0.2) is 18.2 Å². The maximum absolute atomic E-state index is 12.3. The summed E-state index contributed by atoms with van der Waals surface area (Å²) in [6, 6.07) is 5.76. The second kappa shape index (κ2) is 6.07. The molecule has 0 heterocycles. The molecule has 2 unspecified atom stereocenters. The Morgan fingerprint density at radius 2 is 1.90 bits per heavy atom. The minimum absolute atomic E-state index is 0.0334. The number of ketones is 1. The lowest BCUT2D eigenvalue weighted by molar-refractivity contribution is -0.129. The van der Waals surface area contributed by atoms with Gasteiger partial charge >= 0.3 is 0 Å². The number of Topliss-reactive ketones (excluding diaryl/α,β-unsaturated/α-hetero) is 1. The molecule has 1 saturated carbocycles. The van der Waals surface area contributed by atoms with E-state index in [0.717, 1.165) is 31.2 Å². The summed E-state index contributed by atoms with van der Waals surface area (Å²) in [4.78, 5) is 12.3. The van der Waals surface area contributed by atoms with Gasteiger partial charge in [-0.05, 0) is 48.3 Å². The Labute approximate surface area is 131 Å². The van der Waals surface area contributed by atoms with Gasteiger partial charge in [-0.15, -0.1) is 0 Å². The molecule has 1 fully saturated rings. The van der Waals surface area contributed by atoms with E-state index in [1.165, 1.54) is 0 Å². The first-order valence-corrected chi connectivity index (χ1v) is 8.02. The lowest BCUT2D eigenvalue weighted by Gasteiger charge is -2.37. The van der Waals surface area contributed by atoms with Crippen molar-refractivity contribution in [2.75, 3.05) is 0 Å². The topological polar surface area (TPSA) is 17.1 Å². The predicted molar refractivity (Wildman–Crippen MR) is 85.5 cm³/mol. The van der Waals surface area contributed by atoms with Crippen LogP contribution in [0.25, 0.3) is 0 Å². The SMILES string of the molecule is CC1CCC(C(C)(C)Cc2ccc(Cl)c(Cl)c2)C(=O)C1. The van der Waals surface area contributed by atoms with Crippen LogP contribution in [-0.4, -0.2) is 5.78 Å². The van der Waals surface area contributed by atoms with Crippen LogP contribution >= 0.6 is 23.2 Å². The van der Waals surface area contributed by atoms with Gasteiger partial charge in [0.25, 0.3) is 0 Å². The number of benzene rings is 1. The van der Waals surface area contributed by atoms with Crippen molar-refractivity contribution >= 4 is 29.0 Å². The van der Waals surface area contributed by atoms with Gasteiger partial charge in [0.2, 0.25) is 0 Å². The molecule has 20 heavy (non-hydrogen) atoms. The summed E-state index contributed by atoms with van der Waals surface area (Å²) in [6.45, 7) is 6.54. The molecule has 1 nitrogen and oxygen atoms in total. The van der Waals surface area contributed by atoms with E-state index < -0.39 is 0 Å². The third kappa shape index (κ3) is 3.56. The van der Waals surface area contributed by atoms with E-state index in [4.69, 9.17) is 23.2 Å². The standard InChI is InChI=1S/C17H22Cl2O/c1-11-4-6-13(16(20)8-11)17(2,3)10-12-5-7-14(18)15(19)9-12/h5,7,9,11,13H,4,6,8,10H2,1-3H3. The highest BCUT2D eigenvalue weighted by Gasteiger charge is 2.37. The van der Waals surface area contributed by atoms with Crippen molar-refractivity contribution in [3.05, 3.63) is 33.8 Å². The summed E-state index contributed by atoms with van der Waals surface area (Å²) in [7, 11) is 0. The fourth-order valence-electron chi connectivity index (χ4n) is 3.33. The van der Waals surface area contributed by atoms with Crippen molar-refractivity contribution < 1.29 is 4.79 Å². The van der Waals surface area contributed by atoms with E-state index >= 15 is 0 Å². The monoisotopic (exact) mass is 312 g/mol. The molecule has 0 N–H and O–H groups in total. The van der Waals surface area contributed by atoms with E-state index in [0.29, 0.717) is 21.7 Å². The average molecular weight is 313 g/mol. The molecule has 0 bridgehead atoms. The largest absolute Gasteiger partial charge is 0.299 e. The fraction of sp³-hybridized carbons (Fsp3) is 0.588. The van der Waals surface area contributed by atoms with Crippen molar-refractivity contribution in [1.29, 1.82) is 0 Å². The van der Waals surface area contributed by atoms with Crippen LogP contribution in [0, 0.1) is 17.3 Å². The highest BCUT2D eigenvalue weighted by atomic mass is 35.5. The Balaban J connectivity index is 2.13. The summed E-state index contributed by atoms with van der Waals surface area (Å²) in [5.41, 5.74) is 1.12. The molecule has 1 aromatic rings. The van der Waals surface area contributed by atoms with Gasteiger partial charge in [-0.3, -0.25) is 4.79 Å². The molecule has 1 aliphatic rings. The molecule has 110 valence electrons. The Bertz CT molecular complexity index is 508. The first-order chi connectivity index (χ1) is 9.29. The molecule has 3 heteroatoms. The number of carbonyl (C=O) groups excluding carboxylic acids is 1. The molecule has 0 spiro atoms. The zero-order valence-electron chi connectivity index (χ0n) is 12.4. The van der Waals surface area contributed by atoms with Gasteiger partial charge in [-0.1, -0.05) is 50.0 Å². The highest BCUT2D eigenvalue weighted by Crippen LogP contribution is 2.40. The summed E-state index contributed by atoms with van der Waals surface area (Å²) < 4.78 is 0. The van der Waals surface area contributed by atoms with Crippen LogP contribution in [0.1, 0.15) is 45.6 Å². The maximum atomic E-state index is 12.3. The van der Waals surface area contributed by atoms with Crippen LogP contribution in [-0.2, 0) is 11.2 Å². The van der Waals surface area contributed by atoms with Gasteiger partial charge < -0.3 is 0 Å². The third-order valence-corrected chi connectivity index (χ3v) is 5.21. The first kappa shape index (κ1) is 15.9. The lowest BCUT2D eigenvalue weighted by atomic mass is 9.66. The minimum Gasteiger partial charge on any atom is -0.299 e. The van der Waals surface area contributed by atoms with Crippen LogP contribution in [0.2, 0.25) is 10.0 Å². The van der Waals surface area contributed by atoms with Crippen LogP contribution in [0.3, 0.4) is 0 Å². The summed E-state index contributed by atoms with van der Waals surface area (Å²) in [6.07, 6.45) is 3.75. The van der Waals surface area contributed by atoms with Gasteiger partial charge in [0.1, 0.15) is 5.78 Å². The van der Waals surface area contributed by atoms with Crippen molar-refractivity contribution in [2.24, 2.45) is 17.3 Å².